The Morgan fingerprint density at radius 2 is 2.18 bits per heavy atom. The van der Waals surface area contributed by atoms with E-state index in [-0.39, 0.29) is 17.4 Å². The van der Waals surface area contributed by atoms with Crippen molar-refractivity contribution in [1.29, 1.82) is 0 Å². The largest absolute Gasteiger partial charge is 0.351 e. The van der Waals surface area contributed by atoms with Crippen molar-refractivity contribution in [2.24, 2.45) is 11.1 Å². The molecule has 1 unspecified atom stereocenters. The fourth-order valence-electron chi connectivity index (χ4n) is 2.15. The minimum Gasteiger partial charge on any atom is -0.351 e. The van der Waals surface area contributed by atoms with Gasteiger partial charge in [0.25, 0.3) is 0 Å². The second kappa shape index (κ2) is 6.20. The van der Waals surface area contributed by atoms with Crippen LogP contribution in [0.15, 0.2) is 11.6 Å². The van der Waals surface area contributed by atoms with E-state index in [4.69, 9.17) is 5.73 Å². The summed E-state index contributed by atoms with van der Waals surface area (Å²) in [5.74, 6) is 0.114. The predicted molar refractivity (Wildman–Crippen MR) is 71.6 cm³/mol. The minimum atomic E-state index is 0.0192. The molecule has 98 valence electrons. The number of carbonyl (C=O) groups is 1. The fraction of sp³-hybridized carbons (Fsp3) is 0.786. The Hall–Kier alpha value is -0.830. The van der Waals surface area contributed by atoms with Crippen LogP contribution in [0.2, 0.25) is 0 Å². The van der Waals surface area contributed by atoms with Gasteiger partial charge in [0.05, 0.1) is 0 Å². The predicted octanol–water partition coefficient (Wildman–Crippen LogP) is 2.37. The molecule has 0 aromatic rings. The Bertz CT molecular complexity index is 289. The fourth-order valence-corrected chi connectivity index (χ4v) is 2.15. The zero-order chi connectivity index (χ0) is 12.9. The summed E-state index contributed by atoms with van der Waals surface area (Å²) in [7, 11) is 0. The van der Waals surface area contributed by atoms with Crippen LogP contribution in [0.3, 0.4) is 0 Å². The van der Waals surface area contributed by atoms with Crippen LogP contribution in [0.25, 0.3) is 0 Å². The first-order valence-corrected chi connectivity index (χ1v) is 6.61. The first-order valence-electron chi connectivity index (χ1n) is 6.61. The SMILES string of the molecule is CC(C)(C)C(CN)NC(=O)CC1=CCCCC1. The average Bonchev–Trinajstić information content (AvgIpc) is 2.25. The summed E-state index contributed by atoms with van der Waals surface area (Å²) in [6.07, 6.45) is 7.46. The van der Waals surface area contributed by atoms with Crippen molar-refractivity contribution in [1.82, 2.24) is 5.32 Å². The molecule has 3 N–H and O–H groups in total. The zero-order valence-electron chi connectivity index (χ0n) is 11.4. The monoisotopic (exact) mass is 238 g/mol. The maximum atomic E-state index is 11.9. The van der Waals surface area contributed by atoms with Crippen LogP contribution in [0.5, 0.6) is 0 Å². The highest BCUT2D eigenvalue weighted by Crippen LogP contribution is 2.21. The maximum absolute atomic E-state index is 11.9. The summed E-state index contributed by atoms with van der Waals surface area (Å²) in [6, 6.07) is 0.0548. The Morgan fingerprint density at radius 3 is 2.65 bits per heavy atom. The molecule has 0 saturated heterocycles. The summed E-state index contributed by atoms with van der Waals surface area (Å²) in [6.45, 7) is 6.80. The summed E-state index contributed by atoms with van der Waals surface area (Å²) < 4.78 is 0. The molecule has 0 saturated carbocycles. The van der Waals surface area contributed by atoms with E-state index in [9.17, 15) is 4.79 Å². The first kappa shape index (κ1) is 14.2. The molecule has 1 atom stereocenters. The van der Waals surface area contributed by atoms with Gasteiger partial charge in [-0.15, -0.1) is 0 Å². The Labute approximate surface area is 105 Å². The Morgan fingerprint density at radius 1 is 1.47 bits per heavy atom. The molecule has 1 amide bonds. The van der Waals surface area contributed by atoms with Crippen LogP contribution in [-0.2, 0) is 4.79 Å². The third kappa shape index (κ3) is 4.90. The van der Waals surface area contributed by atoms with E-state index in [1.54, 1.807) is 0 Å². The van der Waals surface area contributed by atoms with Crippen LogP contribution in [-0.4, -0.2) is 18.5 Å². The van der Waals surface area contributed by atoms with E-state index in [0.29, 0.717) is 13.0 Å². The number of hydrogen-bond acceptors (Lipinski definition) is 2. The molecule has 1 rings (SSSR count). The van der Waals surface area contributed by atoms with E-state index in [0.717, 1.165) is 12.8 Å². The Balaban J connectivity index is 2.45. The van der Waals surface area contributed by atoms with Crippen LogP contribution >= 0.6 is 0 Å². The van der Waals surface area contributed by atoms with Gasteiger partial charge in [0.1, 0.15) is 0 Å². The molecular formula is C14H26N2O. The van der Waals surface area contributed by atoms with Crippen molar-refractivity contribution in [3.8, 4) is 0 Å². The highest BCUT2D eigenvalue weighted by molar-refractivity contribution is 5.78. The van der Waals surface area contributed by atoms with Gasteiger partial charge in [0.15, 0.2) is 0 Å². The number of carbonyl (C=O) groups excluding carboxylic acids is 1. The quantitative estimate of drug-likeness (QED) is 0.739. The van der Waals surface area contributed by atoms with E-state index in [1.165, 1.54) is 18.4 Å². The van der Waals surface area contributed by atoms with Gasteiger partial charge in [0.2, 0.25) is 5.91 Å². The molecule has 3 heteroatoms. The summed E-state index contributed by atoms with van der Waals surface area (Å²) in [4.78, 5) is 11.9. The molecule has 0 aromatic heterocycles. The first-order chi connectivity index (χ1) is 7.93. The number of nitrogens with two attached hydrogens (primary N) is 1. The highest BCUT2D eigenvalue weighted by atomic mass is 16.1. The molecule has 0 aromatic carbocycles. The summed E-state index contributed by atoms with van der Waals surface area (Å²) >= 11 is 0. The van der Waals surface area contributed by atoms with E-state index in [1.807, 2.05) is 0 Å². The Kier molecular flexibility index (Phi) is 5.19. The van der Waals surface area contributed by atoms with Crippen LogP contribution in [0.1, 0.15) is 52.9 Å². The lowest BCUT2D eigenvalue weighted by molar-refractivity contribution is -0.121. The lowest BCUT2D eigenvalue weighted by Gasteiger charge is -2.30. The van der Waals surface area contributed by atoms with Crippen LogP contribution in [0.4, 0.5) is 0 Å². The molecule has 17 heavy (non-hydrogen) atoms. The van der Waals surface area contributed by atoms with E-state index >= 15 is 0 Å². The molecule has 0 bridgehead atoms. The summed E-state index contributed by atoms with van der Waals surface area (Å²) in [5, 5.41) is 3.05. The van der Waals surface area contributed by atoms with Crippen molar-refractivity contribution in [2.75, 3.05) is 6.54 Å². The van der Waals surface area contributed by atoms with Crippen molar-refractivity contribution >= 4 is 5.91 Å². The van der Waals surface area contributed by atoms with Gasteiger partial charge < -0.3 is 11.1 Å². The maximum Gasteiger partial charge on any atom is 0.224 e. The van der Waals surface area contributed by atoms with Gasteiger partial charge in [0, 0.05) is 19.0 Å². The molecule has 0 fully saturated rings. The molecule has 0 aliphatic heterocycles. The molecule has 0 radical (unpaired) electrons. The number of nitrogens with one attached hydrogen (secondary N) is 1. The minimum absolute atomic E-state index is 0.0192. The average molecular weight is 238 g/mol. The molecule has 1 aliphatic carbocycles. The zero-order valence-corrected chi connectivity index (χ0v) is 11.4. The topological polar surface area (TPSA) is 55.1 Å². The van der Waals surface area contributed by atoms with E-state index < -0.39 is 0 Å². The molecule has 3 nitrogen and oxygen atoms in total. The second-order valence-corrected chi connectivity index (χ2v) is 6.01. The third-order valence-corrected chi connectivity index (χ3v) is 3.39. The molecule has 1 aliphatic rings. The van der Waals surface area contributed by atoms with Gasteiger partial charge >= 0.3 is 0 Å². The van der Waals surface area contributed by atoms with Gasteiger partial charge in [-0.1, -0.05) is 32.4 Å². The molecular weight excluding hydrogens is 212 g/mol. The standard InChI is InChI=1S/C14H26N2O/c1-14(2,3)12(10-15)16-13(17)9-11-7-5-4-6-8-11/h7,12H,4-6,8-10,15H2,1-3H3,(H,16,17). The smallest absolute Gasteiger partial charge is 0.224 e. The van der Waals surface area contributed by atoms with Crippen molar-refractivity contribution in [2.45, 2.75) is 58.9 Å². The van der Waals surface area contributed by atoms with Crippen molar-refractivity contribution in [3.63, 3.8) is 0 Å². The molecule has 0 heterocycles. The third-order valence-electron chi connectivity index (χ3n) is 3.39. The normalized spacial score (nSPS) is 18.5. The number of amides is 1. The van der Waals surface area contributed by atoms with Gasteiger partial charge in [-0.2, -0.15) is 0 Å². The highest BCUT2D eigenvalue weighted by Gasteiger charge is 2.24. The van der Waals surface area contributed by atoms with Gasteiger partial charge in [-0.25, -0.2) is 0 Å². The lowest BCUT2D eigenvalue weighted by atomic mass is 9.86. The number of allylic oxidation sites excluding steroid dienone is 1. The number of rotatable bonds is 4. The van der Waals surface area contributed by atoms with Crippen LogP contribution < -0.4 is 11.1 Å². The van der Waals surface area contributed by atoms with Crippen molar-refractivity contribution < 1.29 is 4.79 Å². The van der Waals surface area contributed by atoms with E-state index in [2.05, 4.69) is 32.2 Å². The lowest BCUT2D eigenvalue weighted by Crippen LogP contribution is -2.48. The molecule has 0 spiro atoms. The van der Waals surface area contributed by atoms with Crippen molar-refractivity contribution in [3.05, 3.63) is 11.6 Å². The summed E-state index contributed by atoms with van der Waals surface area (Å²) in [5.41, 5.74) is 7.02. The second-order valence-electron chi connectivity index (χ2n) is 6.01. The number of hydrogen-bond donors (Lipinski definition) is 2. The van der Waals surface area contributed by atoms with Gasteiger partial charge in [-0.3, -0.25) is 4.79 Å². The van der Waals surface area contributed by atoms with Gasteiger partial charge in [-0.05, 0) is 31.1 Å². The van der Waals surface area contributed by atoms with Crippen LogP contribution in [0, 0.1) is 5.41 Å².